The van der Waals surface area contributed by atoms with Crippen molar-refractivity contribution in [2.24, 2.45) is 0 Å². The van der Waals surface area contributed by atoms with Crippen LogP contribution in [-0.4, -0.2) is 49.3 Å². The van der Waals surface area contributed by atoms with Crippen LogP contribution in [-0.2, 0) is 22.5 Å². The van der Waals surface area contributed by atoms with E-state index in [-0.39, 0.29) is 17.8 Å². The summed E-state index contributed by atoms with van der Waals surface area (Å²) in [6.07, 6.45) is 3.07. The zero-order valence-corrected chi connectivity index (χ0v) is 18.7. The minimum Gasteiger partial charge on any atom is -0.376 e. The van der Waals surface area contributed by atoms with Gasteiger partial charge in [0.1, 0.15) is 5.01 Å². The molecular formula is C18H22N6O2S3. The number of anilines is 1. The number of nitrogens with zero attached hydrogens (tertiary/aromatic N) is 5. The lowest BCUT2D eigenvalue weighted by Gasteiger charge is -2.14. The first kappa shape index (κ1) is 20.5. The quantitative estimate of drug-likeness (QED) is 0.524. The smallest absolute Gasteiger partial charge is 0.236 e. The molecule has 1 atom stereocenters. The monoisotopic (exact) mass is 450 g/mol. The molecule has 3 aromatic rings. The summed E-state index contributed by atoms with van der Waals surface area (Å²) in [7, 11) is 0. The van der Waals surface area contributed by atoms with Gasteiger partial charge in [-0.2, -0.15) is 0 Å². The summed E-state index contributed by atoms with van der Waals surface area (Å²) >= 11 is 4.46. The number of rotatable bonds is 8. The largest absolute Gasteiger partial charge is 0.376 e. The van der Waals surface area contributed by atoms with E-state index < -0.39 is 0 Å². The van der Waals surface area contributed by atoms with Gasteiger partial charge >= 0.3 is 0 Å². The molecule has 1 aliphatic rings. The van der Waals surface area contributed by atoms with Crippen LogP contribution < -0.4 is 5.32 Å². The lowest BCUT2D eigenvalue weighted by atomic mass is 10.2. The second-order valence-electron chi connectivity index (χ2n) is 6.69. The number of thiophene rings is 1. The van der Waals surface area contributed by atoms with Crippen molar-refractivity contribution < 1.29 is 9.53 Å². The highest BCUT2D eigenvalue weighted by Crippen LogP contribution is 2.29. The average molecular weight is 451 g/mol. The Morgan fingerprint density at radius 2 is 2.28 bits per heavy atom. The summed E-state index contributed by atoms with van der Waals surface area (Å²) in [5, 5.41) is 23.8. The number of hydrogen-bond donors (Lipinski definition) is 1. The summed E-state index contributed by atoms with van der Waals surface area (Å²) in [6.45, 7) is 5.57. The first-order chi connectivity index (χ1) is 14.1. The zero-order chi connectivity index (χ0) is 20.2. The topological polar surface area (TPSA) is 94.8 Å². The Balaban J connectivity index is 1.46. The highest BCUT2D eigenvalue weighted by atomic mass is 32.2. The van der Waals surface area contributed by atoms with Gasteiger partial charge in [0.25, 0.3) is 0 Å². The van der Waals surface area contributed by atoms with Gasteiger partial charge in [0, 0.05) is 22.4 Å². The maximum absolute atomic E-state index is 12.3. The Morgan fingerprint density at radius 1 is 1.38 bits per heavy atom. The molecule has 0 spiro atoms. The molecule has 11 heteroatoms. The second kappa shape index (κ2) is 9.33. The van der Waals surface area contributed by atoms with Crippen molar-refractivity contribution >= 4 is 45.5 Å². The molecule has 0 bridgehead atoms. The Hall–Kier alpha value is -1.82. The highest BCUT2D eigenvalue weighted by molar-refractivity contribution is 7.99. The third kappa shape index (κ3) is 5.03. The standard InChI is InChI=1S/C18H22N6O2S3/c1-3-15-20-22-17(29-15)19-14(25)10-28-18-23-21-16(12-7-11(2)27-9-12)24(18)8-13-5-4-6-26-13/h7,9,13H,3-6,8,10H2,1-2H3,(H,19,22,25). The Morgan fingerprint density at radius 3 is 2.97 bits per heavy atom. The SMILES string of the molecule is CCc1nnc(NC(=O)CSc2nnc(-c3csc(C)c3)n2CC2CCCO2)s1. The van der Waals surface area contributed by atoms with E-state index in [1.165, 1.54) is 28.0 Å². The molecule has 1 fully saturated rings. The Labute approximate surface area is 181 Å². The van der Waals surface area contributed by atoms with Crippen molar-refractivity contribution in [1.29, 1.82) is 0 Å². The molecule has 0 saturated carbocycles. The summed E-state index contributed by atoms with van der Waals surface area (Å²) in [4.78, 5) is 13.6. The van der Waals surface area contributed by atoms with Crippen LogP contribution in [0.3, 0.4) is 0 Å². The van der Waals surface area contributed by atoms with Crippen LogP contribution in [0.25, 0.3) is 11.4 Å². The Bertz CT molecular complexity index is 976. The minimum atomic E-state index is -0.131. The number of nitrogens with one attached hydrogen (secondary N) is 1. The number of thioether (sulfide) groups is 1. The fourth-order valence-corrected chi connectivity index (χ4v) is 5.18. The Kier molecular flexibility index (Phi) is 6.58. The molecule has 0 radical (unpaired) electrons. The lowest BCUT2D eigenvalue weighted by Crippen LogP contribution is -2.18. The second-order valence-corrected chi connectivity index (χ2v) is 9.81. The molecule has 0 aromatic carbocycles. The van der Waals surface area contributed by atoms with Gasteiger partial charge in [-0.05, 0) is 32.3 Å². The molecule has 4 heterocycles. The maximum Gasteiger partial charge on any atom is 0.236 e. The van der Waals surface area contributed by atoms with Crippen LogP contribution in [0.2, 0.25) is 0 Å². The van der Waals surface area contributed by atoms with E-state index in [1.54, 1.807) is 11.3 Å². The predicted molar refractivity (Wildman–Crippen MR) is 116 cm³/mol. The lowest BCUT2D eigenvalue weighted by molar-refractivity contribution is -0.113. The minimum absolute atomic E-state index is 0.131. The zero-order valence-electron chi connectivity index (χ0n) is 16.3. The van der Waals surface area contributed by atoms with E-state index in [2.05, 4.69) is 48.6 Å². The number of amides is 1. The molecule has 154 valence electrons. The molecule has 0 aliphatic carbocycles. The maximum atomic E-state index is 12.3. The number of carbonyl (C=O) groups excluding carboxylic acids is 1. The molecule has 1 N–H and O–H groups in total. The fourth-order valence-electron chi connectivity index (χ4n) is 3.06. The van der Waals surface area contributed by atoms with Gasteiger partial charge < -0.3 is 4.74 Å². The van der Waals surface area contributed by atoms with Gasteiger partial charge in [-0.1, -0.05) is 30.0 Å². The summed E-state index contributed by atoms with van der Waals surface area (Å²) in [6, 6.07) is 2.11. The van der Waals surface area contributed by atoms with Crippen LogP contribution in [0.15, 0.2) is 16.6 Å². The third-order valence-corrected chi connectivity index (χ3v) is 7.27. The summed E-state index contributed by atoms with van der Waals surface area (Å²) in [5.41, 5.74) is 1.05. The van der Waals surface area contributed by atoms with Crippen LogP contribution in [0.1, 0.15) is 29.7 Å². The number of hydrogen-bond acceptors (Lipinski definition) is 9. The first-order valence-electron chi connectivity index (χ1n) is 9.47. The molecule has 29 heavy (non-hydrogen) atoms. The van der Waals surface area contributed by atoms with E-state index in [1.807, 2.05) is 6.92 Å². The predicted octanol–water partition coefficient (Wildman–Crippen LogP) is 3.64. The number of carbonyl (C=O) groups is 1. The highest BCUT2D eigenvalue weighted by Gasteiger charge is 2.22. The van der Waals surface area contributed by atoms with Crippen LogP contribution in [0, 0.1) is 6.92 Å². The van der Waals surface area contributed by atoms with Gasteiger partial charge in [-0.25, -0.2) is 0 Å². The van der Waals surface area contributed by atoms with Crippen LogP contribution in [0.4, 0.5) is 5.13 Å². The fraction of sp³-hybridized carbons (Fsp3) is 0.500. The van der Waals surface area contributed by atoms with E-state index in [9.17, 15) is 4.79 Å². The van der Waals surface area contributed by atoms with E-state index in [0.717, 1.165) is 47.4 Å². The van der Waals surface area contributed by atoms with Crippen LogP contribution in [0.5, 0.6) is 0 Å². The van der Waals surface area contributed by atoms with Crippen molar-refractivity contribution in [1.82, 2.24) is 25.0 Å². The third-order valence-electron chi connectivity index (χ3n) is 4.46. The molecule has 3 aromatic heterocycles. The molecule has 1 unspecified atom stereocenters. The van der Waals surface area contributed by atoms with Crippen molar-refractivity contribution in [3.8, 4) is 11.4 Å². The van der Waals surface area contributed by atoms with Crippen molar-refractivity contribution in [3.63, 3.8) is 0 Å². The van der Waals surface area contributed by atoms with Gasteiger partial charge in [0.2, 0.25) is 11.0 Å². The normalized spacial score (nSPS) is 16.4. The number of aryl methyl sites for hydroxylation is 2. The number of aromatic nitrogens is 5. The van der Waals surface area contributed by atoms with Crippen molar-refractivity contribution in [3.05, 3.63) is 21.3 Å². The summed E-state index contributed by atoms with van der Waals surface area (Å²) in [5.74, 6) is 0.922. The van der Waals surface area contributed by atoms with Crippen molar-refractivity contribution in [2.45, 2.75) is 50.9 Å². The van der Waals surface area contributed by atoms with E-state index in [0.29, 0.717) is 11.7 Å². The van der Waals surface area contributed by atoms with Gasteiger partial charge in [-0.15, -0.1) is 31.7 Å². The molecular weight excluding hydrogens is 428 g/mol. The van der Waals surface area contributed by atoms with Gasteiger partial charge in [0.15, 0.2) is 11.0 Å². The van der Waals surface area contributed by atoms with Crippen molar-refractivity contribution in [2.75, 3.05) is 17.7 Å². The first-order valence-corrected chi connectivity index (χ1v) is 12.2. The molecule has 4 rings (SSSR count). The van der Waals surface area contributed by atoms with Gasteiger partial charge in [-0.3, -0.25) is 14.7 Å². The summed E-state index contributed by atoms with van der Waals surface area (Å²) < 4.78 is 7.90. The molecule has 1 aliphatic heterocycles. The van der Waals surface area contributed by atoms with Gasteiger partial charge in [0.05, 0.1) is 18.4 Å². The number of ether oxygens (including phenoxy) is 1. The molecule has 1 amide bonds. The molecule has 1 saturated heterocycles. The van der Waals surface area contributed by atoms with E-state index in [4.69, 9.17) is 4.74 Å². The average Bonchev–Trinajstić information content (AvgIpc) is 3.49. The van der Waals surface area contributed by atoms with Crippen LogP contribution >= 0.6 is 34.4 Å². The van der Waals surface area contributed by atoms with E-state index >= 15 is 0 Å². The molecule has 8 nitrogen and oxygen atoms in total.